The van der Waals surface area contributed by atoms with Gasteiger partial charge in [0.05, 0.1) is 5.69 Å². The summed E-state index contributed by atoms with van der Waals surface area (Å²) in [6.07, 6.45) is 3.50. The first kappa shape index (κ1) is 12.1. The maximum Gasteiger partial charge on any atom is 0.271 e. The Hall–Kier alpha value is -0.950. The van der Waals surface area contributed by atoms with Crippen LogP contribution in [-0.2, 0) is 6.54 Å². The van der Waals surface area contributed by atoms with Gasteiger partial charge in [0.25, 0.3) is 5.56 Å². The van der Waals surface area contributed by atoms with E-state index >= 15 is 0 Å². The second kappa shape index (κ2) is 5.22. The summed E-state index contributed by atoms with van der Waals surface area (Å²) >= 11 is 2.08. The summed E-state index contributed by atoms with van der Waals surface area (Å²) in [7, 11) is 0. The number of aromatic amines is 1. The quantitative estimate of drug-likeness (QED) is 0.655. The summed E-state index contributed by atoms with van der Waals surface area (Å²) in [5.41, 5.74) is 7.39. The van der Waals surface area contributed by atoms with Crippen LogP contribution in [-0.4, -0.2) is 10.2 Å². The van der Waals surface area contributed by atoms with E-state index in [1.165, 1.54) is 0 Å². The number of halogens is 1. The molecule has 1 aromatic rings. The highest BCUT2D eigenvalue weighted by molar-refractivity contribution is 14.1. The Labute approximate surface area is 101 Å². The molecule has 1 heterocycles. The van der Waals surface area contributed by atoms with Crippen molar-refractivity contribution >= 4 is 28.7 Å². The van der Waals surface area contributed by atoms with Gasteiger partial charge in [-0.1, -0.05) is 6.58 Å². The van der Waals surface area contributed by atoms with Crippen molar-refractivity contribution in [2.75, 3.05) is 0 Å². The number of allylic oxidation sites excluding steroid dienone is 2. The van der Waals surface area contributed by atoms with Crippen molar-refractivity contribution in [1.82, 2.24) is 10.2 Å². The lowest BCUT2D eigenvalue weighted by molar-refractivity contribution is 0.858. The molecule has 0 fully saturated rings. The van der Waals surface area contributed by atoms with E-state index in [2.05, 4.69) is 39.4 Å². The van der Waals surface area contributed by atoms with Crippen LogP contribution in [0.4, 0.5) is 0 Å². The molecular formula is C10H12IN3O. The standard InChI is InChI=1S/C10H12IN3O/c1-6(11)3-4-8-7(2)9(5-12)13-14-10(8)15/h3-4H,1,5,12H2,2H3,(H,14,15)/b4-3-. The molecule has 0 aliphatic rings. The van der Waals surface area contributed by atoms with E-state index in [1.807, 2.05) is 6.92 Å². The van der Waals surface area contributed by atoms with Crippen LogP contribution in [0.15, 0.2) is 21.0 Å². The fourth-order valence-electron chi connectivity index (χ4n) is 1.16. The molecule has 0 aliphatic carbocycles. The van der Waals surface area contributed by atoms with Crippen molar-refractivity contribution in [3.8, 4) is 0 Å². The molecule has 0 aliphatic heterocycles. The smallest absolute Gasteiger partial charge is 0.271 e. The third-order valence-electron chi connectivity index (χ3n) is 2.00. The van der Waals surface area contributed by atoms with Gasteiger partial charge >= 0.3 is 0 Å². The summed E-state index contributed by atoms with van der Waals surface area (Å²) in [6, 6.07) is 0. The molecule has 1 rings (SSSR count). The van der Waals surface area contributed by atoms with Crippen LogP contribution in [0.25, 0.3) is 6.08 Å². The molecule has 0 bridgehead atoms. The number of rotatable bonds is 3. The maximum absolute atomic E-state index is 11.5. The van der Waals surface area contributed by atoms with E-state index < -0.39 is 0 Å². The topological polar surface area (TPSA) is 71.8 Å². The SMILES string of the molecule is C=C(I)/C=C\c1c(C)c(CN)n[nH]c1=O. The molecule has 80 valence electrons. The largest absolute Gasteiger partial charge is 0.325 e. The van der Waals surface area contributed by atoms with Gasteiger partial charge in [-0.2, -0.15) is 5.10 Å². The van der Waals surface area contributed by atoms with E-state index in [-0.39, 0.29) is 5.56 Å². The predicted molar refractivity (Wildman–Crippen MR) is 69.7 cm³/mol. The van der Waals surface area contributed by atoms with Crippen LogP contribution < -0.4 is 11.3 Å². The van der Waals surface area contributed by atoms with Gasteiger partial charge in [0.2, 0.25) is 0 Å². The molecule has 1 aromatic heterocycles. The van der Waals surface area contributed by atoms with Gasteiger partial charge in [-0.3, -0.25) is 4.79 Å². The zero-order valence-corrected chi connectivity index (χ0v) is 10.5. The van der Waals surface area contributed by atoms with Gasteiger partial charge in [0, 0.05) is 15.7 Å². The number of H-pyrrole nitrogens is 1. The molecule has 5 heteroatoms. The first-order chi connectivity index (χ1) is 7.06. The average molecular weight is 317 g/mol. The van der Waals surface area contributed by atoms with Gasteiger partial charge in [-0.05, 0) is 47.2 Å². The molecule has 0 saturated heterocycles. The Morgan fingerprint density at radius 1 is 1.73 bits per heavy atom. The molecule has 0 saturated carbocycles. The molecule has 3 N–H and O–H groups in total. The highest BCUT2D eigenvalue weighted by atomic mass is 127. The minimum absolute atomic E-state index is 0.210. The number of nitrogens with zero attached hydrogens (tertiary/aromatic N) is 1. The molecular weight excluding hydrogens is 305 g/mol. The summed E-state index contributed by atoms with van der Waals surface area (Å²) in [5, 5.41) is 6.28. The average Bonchev–Trinajstić information content (AvgIpc) is 2.17. The van der Waals surface area contributed by atoms with Crippen molar-refractivity contribution in [1.29, 1.82) is 0 Å². The lowest BCUT2D eigenvalue weighted by Crippen LogP contribution is -2.17. The van der Waals surface area contributed by atoms with Crippen LogP contribution in [0, 0.1) is 6.92 Å². The number of nitrogens with one attached hydrogen (secondary N) is 1. The third kappa shape index (κ3) is 3.00. The molecule has 0 atom stereocenters. The fourth-order valence-corrected chi connectivity index (χ4v) is 1.34. The Bertz CT molecular complexity index is 462. The Morgan fingerprint density at radius 3 is 2.93 bits per heavy atom. The minimum atomic E-state index is -0.210. The van der Waals surface area contributed by atoms with Gasteiger partial charge in [0.15, 0.2) is 0 Å². The summed E-state index contributed by atoms with van der Waals surface area (Å²) in [5.74, 6) is 0. The lowest BCUT2D eigenvalue weighted by Gasteiger charge is -2.03. The summed E-state index contributed by atoms with van der Waals surface area (Å²) in [4.78, 5) is 11.5. The van der Waals surface area contributed by atoms with Crippen LogP contribution in [0.5, 0.6) is 0 Å². The normalized spacial score (nSPS) is 10.9. The van der Waals surface area contributed by atoms with Crippen LogP contribution in [0.2, 0.25) is 0 Å². The van der Waals surface area contributed by atoms with Gasteiger partial charge in [-0.15, -0.1) is 0 Å². The Morgan fingerprint density at radius 2 is 2.40 bits per heavy atom. The van der Waals surface area contributed by atoms with Crippen LogP contribution in [0.3, 0.4) is 0 Å². The van der Waals surface area contributed by atoms with Crippen molar-refractivity contribution in [2.24, 2.45) is 5.73 Å². The summed E-state index contributed by atoms with van der Waals surface area (Å²) < 4.78 is 0.859. The second-order valence-electron chi connectivity index (χ2n) is 3.02. The Kier molecular flexibility index (Phi) is 4.22. The molecule has 0 unspecified atom stereocenters. The van der Waals surface area contributed by atoms with E-state index in [1.54, 1.807) is 12.2 Å². The Balaban J connectivity index is 3.27. The van der Waals surface area contributed by atoms with Gasteiger partial charge < -0.3 is 5.73 Å². The van der Waals surface area contributed by atoms with E-state index in [9.17, 15) is 4.79 Å². The molecule has 0 radical (unpaired) electrons. The van der Waals surface area contributed by atoms with Gasteiger partial charge in [-0.25, -0.2) is 5.10 Å². The molecule has 0 amide bonds. The number of hydrogen-bond acceptors (Lipinski definition) is 3. The number of hydrogen-bond donors (Lipinski definition) is 2. The highest BCUT2D eigenvalue weighted by Crippen LogP contribution is 2.10. The minimum Gasteiger partial charge on any atom is -0.325 e. The molecule has 0 spiro atoms. The van der Waals surface area contributed by atoms with Crippen LogP contribution in [0.1, 0.15) is 16.8 Å². The molecule has 0 aromatic carbocycles. The maximum atomic E-state index is 11.5. The monoisotopic (exact) mass is 317 g/mol. The molecule has 15 heavy (non-hydrogen) atoms. The van der Waals surface area contributed by atoms with Crippen molar-refractivity contribution in [2.45, 2.75) is 13.5 Å². The van der Waals surface area contributed by atoms with E-state index in [0.717, 1.165) is 9.14 Å². The van der Waals surface area contributed by atoms with Crippen molar-refractivity contribution < 1.29 is 0 Å². The number of aromatic nitrogens is 2. The second-order valence-corrected chi connectivity index (χ2v) is 4.41. The molecule has 4 nitrogen and oxygen atoms in total. The van der Waals surface area contributed by atoms with Crippen molar-refractivity contribution in [3.63, 3.8) is 0 Å². The van der Waals surface area contributed by atoms with Crippen molar-refractivity contribution in [3.05, 3.63) is 43.4 Å². The van der Waals surface area contributed by atoms with Gasteiger partial charge in [0.1, 0.15) is 0 Å². The lowest BCUT2D eigenvalue weighted by atomic mass is 10.1. The van der Waals surface area contributed by atoms with E-state index in [0.29, 0.717) is 17.8 Å². The fraction of sp³-hybridized carbons (Fsp3) is 0.200. The highest BCUT2D eigenvalue weighted by Gasteiger charge is 2.05. The zero-order chi connectivity index (χ0) is 11.4. The first-order valence-corrected chi connectivity index (χ1v) is 5.45. The summed E-state index contributed by atoms with van der Waals surface area (Å²) in [6.45, 7) is 5.87. The zero-order valence-electron chi connectivity index (χ0n) is 8.38. The van der Waals surface area contributed by atoms with E-state index in [4.69, 9.17) is 5.73 Å². The third-order valence-corrected chi connectivity index (χ3v) is 2.36. The first-order valence-electron chi connectivity index (χ1n) is 4.37. The predicted octanol–water partition coefficient (Wildman–Crippen LogP) is 1.50. The van der Waals surface area contributed by atoms with Crippen LogP contribution >= 0.6 is 22.6 Å². The number of nitrogens with two attached hydrogens (primary N) is 1.